The minimum absolute atomic E-state index is 0.0576. The second-order valence-corrected chi connectivity index (χ2v) is 5.37. The van der Waals surface area contributed by atoms with Crippen molar-refractivity contribution < 1.29 is 9.32 Å². The SMILES string of the molecule is CC(C)N1CCN(c2ccc(-c3cnoc3N)cc2)C1=O. The maximum Gasteiger partial charge on any atom is 0.324 e. The fraction of sp³-hybridized carbons (Fsp3) is 0.333. The highest BCUT2D eigenvalue weighted by molar-refractivity contribution is 5.94. The maximum absolute atomic E-state index is 12.3. The Labute approximate surface area is 123 Å². The van der Waals surface area contributed by atoms with Gasteiger partial charge in [0.2, 0.25) is 5.88 Å². The number of urea groups is 1. The summed E-state index contributed by atoms with van der Waals surface area (Å²) in [6.07, 6.45) is 1.59. The largest absolute Gasteiger partial charge is 0.367 e. The van der Waals surface area contributed by atoms with Crippen LogP contribution in [0.2, 0.25) is 0 Å². The first-order chi connectivity index (χ1) is 10.1. The van der Waals surface area contributed by atoms with E-state index in [1.807, 2.05) is 43.0 Å². The van der Waals surface area contributed by atoms with Gasteiger partial charge in [-0.05, 0) is 31.5 Å². The number of hydrogen-bond donors (Lipinski definition) is 1. The first-order valence-corrected chi connectivity index (χ1v) is 6.96. The van der Waals surface area contributed by atoms with Gasteiger partial charge in [-0.3, -0.25) is 4.90 Å². The van der Waals surface area contributed by atoms with Crippen molar-refractivity contribution in [2.45, 2.75) is 19.9 Å². The molecule has 1 aliphatic rings. The molecule has 0 atom stereocenters. The van der Waals surface area contributed by atoms with Crippen LogP contribution in [-0.2, 0) is 0 Å². The van der Waals surface area contributed by atoms with Crippen molar-refractivity contribution in [1.29, 1.82) is 0 Å². The van der Waals surface area contributed by atoms with Crippen molar-refractivity contribution in [2.24, 2.45) is 0 Å². The van der Waals surface area contributed by atoms with Gasteiger partial charge in [0.15, 0.2) is 0 Å². The van der Waals surface area contributed by atoms with Crippen LogP contribution >= 0.6 is 0 Å². The number of nitrogens with two attached hydrogens (primary N) is 1. The number of amides is 2. The van der Waals surface area contributed by atoms with Gasteiger partial charge in [0.05, 0.1) is 11.8 Å². The molecular weight excluding hydrogens is 268 g/mol. The van der Waals surface area contributed by atoms with Crippen molar-refractivity contribution in [3.63, 3.8) is 0 Å². The highest BCUT2D eigenvalue weighted by atomic mass is 16.5. The second-order valence-electron chi connectivity index (χ2n) is 5.37. The normalized spacial score (nSPS) is 15.3. The van der Waals surface area contributed by atoms with Gasteiger partial charge in [-0.15, -0.1) is 0 Å². The molecule has 0 saturated carbocycles. The minimum atomic E-state index is 0.0576. The van der Waals surface area contributed by atoms with E-state index < -0.39 is 0 Å². The highest BCUT2D eigenvalue weighted by Gasteiger charge is 2.30. The average Bonchev–Trinajstić information content (AvgIpc) is 3.05. The molecule has 1 aliphatic heterocycles. The Bertz CT molecular complexity index is 648. The molecule has 2 amide bonds. The van der Waals surface area contributed by atoms with Crippen molar-refractivity contribution >= 4 is 17.6 Å². The van der Waals surface area contributed by atoms with Gasteiger partial charge in [0, 0.05) is 24.8 Å². The van der Waals surface area contributed by atoms with E-state index in [-0.39, 0.29) is 12.1 Å². The molecule has 1 saturated heterocycles. The molecule has 1 aromatic carbocycles. The van der Waals surface area contributed by atoms with E-state index in [1.54, 1.807) is 11.1 Å². The molecule has 6 heteroatoms. The van der Waals surface area contributed by atoms with E-state index in [0.29, 0.717) is 12.4 Å². The van der Waals surface area contributed by atoms with Crippen LogP contribution in [0.1, 0.15) is 13.8 Å². The van der Waals surface area contributed by atoms with Crippen molar-refractivity contribution in [2.75, 3.05) is 23.7 Å². The first kappa shape index (κ1) is 13.5. The Balaban J connectivity index is 1.82. The molecule has 0 aliphatic carbocycles. The molecule has 3 rings (SSSR count). The van der Waals surface area contributed by atoms with Gasteiger partial charge in [-0.25, -0.2) is 4.79 Å². The lowest BCUT2D eigenvalue weighted by atomic mass is 10.1. The summed E-state index contributed by atoms with van der Waals surface area (Å²) in [6.45, 7) is 5.53. The van der Waals surface area contributed by atoms with Crippen LogP contribution < -0.4 is 10.6 Å². The summed E-state index contributed by atoms with van der Waals surface area (Å²) in [7, 11) is 0. The number of nitrogen functional groups attached to an aromatic ring is 1. The zero-order chi connectivity index (χ0) is 15.0. The fourth-order valence-electron chi connectivity index (χ4n) is 2.56. The van der Waals surface area contributed by atoms with Gasteiger partial charge < -0.3 is 15.2 Å². The molecule has 0 bridgehead atoms. The quantitative estimate of drug-likeness (QED) is 0.941. The lowest BCUT2D eigenvalue weighted by Crippen LogP contribution is -2.36. The predicted molar refractivity (Wildman–Crippen MR) is 80.9 cm³/mol. The third-order valence-corrected chi connectivity index (χ3v) is 3.75. The monoisotopic (exact) mass is 286 g/mol. The Kier molecular flexibility index (Phi) is 3.29. The molecule has 2 aromatic rings. The van der Waals surface area contributed by atoms with Crippen LogP contribution in [0.5, 0.6) is 0 Å². The van der Waals surface area contributed by atoms with E-state index >= 15 is 0 Å². The van der Waals surface area contributed by atoms with Crippen LogP contribution in [0.4, 0.5) is 16.4 Å². The number of rotatable bonds is 3. The lowest BCUT2D eigenvalue weighted by Gasteiger charge is -2.21. The lowest BCUT2D eigenvalue weighted by molar-refractivity contribution is 0.209. The number of anilines is 2. The van der Waals surface area contributed by atoms with Crippen LogP contribution in [0, 0.1) is 0 Å². The summed E-state index contributed by atoms with van der Waals surface area (Å²) >= 11 is 0. The summed E-state index contributed by atoms with van der Waals surface area (Å²) < 4.78 is 4.86. The minimum Gasteiger partial charge on any atom is -0.367 e. The van der Waals surface area contributed by atoms with E-state index in [1.165, 1.54) is 0 Å². The smallest absolute Gasteiger partial charge is 0.324 e. The molecule has 0 radical (unpaired) electrons. The zero-order valence-electron chi connectivity index (χ0n) is 12.1. The van der Waals surface area contributed by atoms with Gasteiger partial charge >= 0.3 is 6.03 Å². The van der Waals surface area contributed by atoms with E-state index in [0.717, 1.165) is 23.4 Å². The number of hydrogen-bond acceptors (Lipinski definition) is 4. The maximum atomic E-state index is 12.3. The van der Waals surface area contributed by atoms with Gasteiger partial charge in [-0.2, -0.15) is 0 Å². The molecule has 2 heterocycles. The number of nitrogens with zero attached hydrogens (tertiary/aromatic N) is 3. The van der Waals surface area contributed by atoms with E-state index in [2.05, 4.69) is 5.16 Å². The van der Waals surface area contributed by atoms with Crippen LogP contribution in [0.25, 0.3) is 11.1 Å². The Morgan fingerprint density at radius 3 is 2.48 bits per heavy atom. The van der Waals surface area contributed by atoms with Gasteiger partial charge in [-0.1, -0.05) is 17.3 Å². The zero-order valence-corrected chi connectivity index (χ0v) is 12.1. The average molecular weight is 286 g/mol. The molecule has 2 N–H and O–H groups in total. The molecule has 0 unspecified atom stereocenters. The summed E-state index contributed by atoms with van der Waals surface area (Å²) in [4.78, 5) is 16.0. The van der Waals surface area contributed by atoms with Crippen LogP contribution in [-0.4, -0.2) is 35.2 Å². The number of carbonyl (C=O) groups excluding carboxylic acids is 1. The molecule has 0 spiro atoms. The number of carbonyl (C=O) groups is 1. The van der Waals surface area contributed by atoms with Crippen molar-refractivity contribution in [3.8, 4) is 11.1 Å². The standard InChI is InChI=1S/C15H18N4O2/c1-10(2)18-7-8-19(15(18)20)12-5-3-11(4-6-12)13-9-17-21-14(13)16/h3-6,9-10H,7-8,16H2,1-2H3. The van der Waals surface area contributed by atoms with E-state index in [9.17, 15) is 4.79 Å². The number of benzene rings is 1. The van der Waals surface area contributed by atoms with Crippen molar-refractivity contribution in [1.82, 2.24) is 10.1 Å². The molecule has 110 valence electrons. The predicted octanol–water partition coefficient (Wildman–Crippen LogP) is 2.57. The highest BCUT2D eigenvalue weighted by Crippen LogP contribution is 2.28. The van der Waals surface area contributed by atoms with Gasteiger partial charge in [0.1, 0.15) is 0 Å². The molecule has 1 fully saturated rings. The van der Waals surface area contributed by atoms with E-state index in [4.69, 9.17) is 10.3 Å². The van der Waals surface area contributed by atoms with Crippen LogP contribution in [0.15, 0.2) is 35.0 Å². The second kappa shape index (κ2) is 5.12. The first-order valence-electron chi connectivity index (χ1n) is 6.96. The third kappa shape index (κ3) is 2.33. The topological polar surface area (TPSA) is 75.6 Å². The summed E-state index contributed by atoms with van der Waals surface area (Å²) in [5.74, 6) is 0.297. The summed E-state index contributed by atoms with van der Waals surface area (Å²) in [6, 6.07) is 7.96. The molecule has 1 aromatic heterocycles. The number of aromatic nitrogens is 1. The molecular formula is C15H18N4O2. The summed E-state index contributed by atoms with van der Waals surface area (Å²) in [5.41, 5.74) is 8.28. The molecule has 21 heavy (non-hydrogen) atoms. The molecule has 6 nitrogen and oxygen atoms in total. The van der Waals surface area contributed by atoms with Crippen molar-refractivity contribution in [3.05, 3.63) is 30.5 Å². The summed E-state index contributed by atoms with van der Waals surface area (Å²) in [5, 5.41) is 3.67. The van der Waals surface area contributed by atoms with Gasteiger partial charge in [0.25, 0.3) is 0 Å². The Hall–Kier alpha value is -2.50. The third-order valence-electron chi connectivity index (χ3n) is 3.75. The fourth-order valence-corrected chi connectivity index (χ4v) is 2.56. The Morgan fingerprint density at radius 2 is 1.95 bits per heavy atom. The Morgan fingerprint density at radius 1 is 1.24 bits per heavy atom. The van der Waals surface area contributed by atoms with Crippen LogP contribution in [0.3, 0.4) is 0 Å².